The highest BCUT2D eigenvalue weighted by Crippen LogP contribution is 2.22. The predicted octanol–water partition coefficient (Wildman–Crippen LogP) is 3.12. The maximum atomic E-state index is 5.86. The van der Waals surface area contributed by atoms with Crippen LogP contribution in [-0.4, -0.2) is 6.04 Å². The second kappa shape index (κ2) is 4.76. The lowest BCUT2D eigenvalue weighted by atomic mass is 9.90. The van der Waals surface area contributed by atoms with E-state index in [4.69, 9.17) is 5.73 Å². The van der Waals surface area contributed by atoms with Crippen molar-refractivity contribution in [3.05, 3.63) is 34.0 Å². The lowest BCUT2D eigenvalue weighted by Gasteiger charge is -2.19. The van der Waals surface area contributed by atoms with Crippen molar-refractivity contribution in [2.45, 2.75) is 38.1 Å². The van der Waals surface area contributed by atoms with Crippen LogP contribution in [0, 0.1) is 0 Å². The number of rotatable bonds is 2. The average Bonchev–Trinajstić information content (AvgIpc) is 2.70. The molecule has 0 bridgehead atoms. The van der Waals surface area contributed by atoms with Crippen LogP contribution in [0.3, 0.4) is 0 Å². The third-order valence-corrected chi connectivity index (χ3v) is 3.61. The zero-order chi connectivity index (χ0) is 9.80. The second-order valence-electron chi connectivity index (χ2n) is 4.04. The summed E-state index contributed by atoms with van der Waals surface area (Å²) in [5.41, 5.74) is 8.91. The van der Waals surface area contributed by atoms with Crippen LogP contribution in [0.4, 0.5) is 0 Å². The van der Waals surface area contributed by atoms with Gasteiger partial charge in [-0.1, -0.05) is 11.6 Å². The SMILES string of the molecule is NC1CCC(=CCc2ccsc2)CC1. The fourth-order valence-electron chi connectivity index (χ4n) is 1.89. The van der Waals surface area contributed by atoms with Crippen LogP contribution in [0.2, 0.25) is 0 Å². The normalized spacial score (nSPS) is 22.4. The third-order valence-electron chi connectivity index (χ3n) is 2.88. The van der Waals surface area contributed by atoms with E-state index < -0.39 is 0 Å². The summed E-state index contributed by atoms with van der Waals surface area (Å²) >= 11 is 1.78. The smallest absolute Gasteiger partial charge is 0.00449 e. The van der Waals surface area contributed by atoms with Crippen molar-refractivity contribution in [2.24, 2.45) is 5.73 Å². The van der Waals surface area contributed by atoms with E-state index in [0.29, 0.717) is 6.04 Å². The molecule has 1 aromatic heterocycles. The van der Waals surface area contributed by atoms with Gasteiger partial charge in [-0.3, -0.25) is 0 Å². The van der Waals surface area contributed by atoms with E-state index in [1.54, 1.807) is 16.9 Å². The zero-order valence-corrected chi connectivity index (χ0v) is 9.22. The van der Waals surface area contributed by atoms with Crippen LogP contribution >= 0.6 is 11.3 Å². The molecule has 0 radical (unpaired) electrons. The summed E-state index contributed by atoms with van der Waals surface area (Å²) < 4.78 is 0. The fraction of sp³-hybridized carbons (Fsp3) is 0.500. The molecule has 1 aliphatic rings. The van der Waals surface area contributed by atoms with Gasteiger partial charge in [-0.25, -0.2) is 0 Å². The van der Waals surface area contributed by atoms with Crippen molar-refractivity contribution in [2.75, 3.05) is 0 Å². The Bertz CT molecular complexity index is 290. The van der Waals surface area contributed by atoms with E-state index in [1.807, 2.05) is 0 Å². The van der Waals surface area contributed by atoms with E-state index >= 15 is 0 Å². The molecule has 1 aliphatic carbocycles. The van der Waals surface area contributed by atoms with E-state index in [2.05, 4.69) is 22.9 Å². The summed E-state index contributed by atoms with van der Waals surface area (Å²) in [7, 11) is 0. The van der Waals surface area contributed by atoms with Gasteiger partial charge in [-0.2, -0.15) is 11.3 Å². The van der Waals surface area contributed by atoms with E-state index in [1.165, 1.54) is 31.2 Å². The first kappa shape index (κ1) is 9.94. The molecule has 1 nitrogen and oxygen atoms in total. The van der Waals surface area contributed by atoms with Crippen molar-refractivity contribution in [3.63, 3.8) is 0 Å². The van der Waals surface area contributed by atoms with Crippen LogP contribution in [0.1, 0.15) is 31.2 Å². The van der Waals surface area contributed by atoms with Gasteiger partial charge in [0, 0.05) is 6.04 Å². The average molecular weight is 207 g/mol. The van der Waals surface area contributed by atoms with Crippen LogP contribution in [0.25, 0.3) is 0 Å². The minimum absolute atomic E-state index is 0.452. The topological polar surface area (TPSA) is 26.0 Å². The van der Waals surface area contributed by atoms with Gasteiger partial charge in [0.1, 0.15) is 0 Å². The van der Waals surface area contributed by atoms with Crippen LogP contribution < -0.4 is 5.73 Å². The Hall–Kier alpha value is -0.600. The number of hydrogen-bond donors (Lipinski definition) is 1. The van der Waals surface area contributed by atoms with E-state index in [-0.39, 0.29) is 0 Å². The molecule has 0 saturated heterocycles. The van der Waals surface area contributed by atoms with Crippen molar-refractivity contribution >= 4 is 11.3 Å². The van der Waals surface area contributed by atoms with Gasteiger partial charge in [0.15, 0.2) is 0 Å². The second-order valence-corrected chi connectivity index (χ2v) is 4.82. The fourth-order valence-corrected chi connectivity index (χ4v) is 2.57. The molecule has 1 saturated carbocycles. The van der Waals surface area contributed by atoms with Crippen molar-refractivity contribution in [3.8, 4) is 0 Å². The number of nitrogens with two attached hydrogens (primary N) is 1. The van der Waals surface area contributed by atoms with E-state index in [0.717, 1.165) is 6.42 Å². The molecule has 0 spiro atoms. The van der Waals surface area contributed by atoms with Gasteiger partial charge < -0.3 is 5.73 Å². The largest absolute Gasteiger partial charge is 0.328 e. The maximum absolute atomic E-state index is 5.86. The summed E-state index contributed by atoms with van der Waals surface area (Å²) in [5.74, 6) is 0. The number of thiophene rings is 1. The standard InChI is InChI=1S/C12H17NS/c13-12-5-3-10(4-6-12)1-2-11-7-8-14-9-11/h1,7-9,12H,2-6,13H2. The molecule has 0 aliphatic heterocycles. The molecule has 0 amide bonds. The van der Waals surface area contributed by atoms with Gasteiger partial charge in [-0.15, -0.1) is 0 Å². The Labute approximate surface area is 89.6 Å². The Balaban J connectivity index is 1.86. The Morgan fingerprint density at radius 1 is 1.43 bits per heavy atom. The van der Waals surface area contributed by atoms with Gasteiger partial charge in [-0.05, 0) is 54.5 Å². The molecule has 2 rings (SSSR count). The molecule has 2 heteroatoms. The molecule has 1 fully saturated rings. The third kappa shape index (κ3) is 2.69. The Morgan fingerprint density at radius 3 is 2.86 bits per heavy atom. The molecule has 1 heterocycles. The van der Waals surface area contributed by atoms with Crippen LogP contribution in [0.5, 0.6) is 0 Å². The monoisotopic (exact) mass is 207 g/mol. The summed E-state index contributed by atoms with van der Waals surface area (Å²) in [6.45, 7) is 0. The summed E-state index contributed by atoms with van der Waals surface area (Å²) in [6.07, 6.45) is 8.28. The lowest BCUT2D eigenvalue weighted by molar-refractivity contribution is 0.510. The Morgan fingerprint density at radius 2 is 2.21 bits per heavy atom. The summed E-state index contributed by atoms with van der Waals surface area (Å²) in [6, 6.07) is 2.66. The van der Waals surface area contributed by atoms with Gasteiger partial charge in [0.25, 0.3) is 0 Å². The van der Waals surface area contributed by atoms with Gasteiger partial charge in [0.05, 0.1) is 0 Å². The predicted molar refractivity (Wildman–Crippen MR) is 62.5 cm³/mol. The highest BCUT2D eigenvalue weighted by atomic mass is 32.1. The number of allylic oxidation sites excluding steroid dienone is 2. The molecule has 0 atom stereocenters. The highest BCUT2D eigenvalue weighted by molar-refractivity contribution is 7.07. The molecule has 0 aromatic carbocycles. The first-order chi connectivity index (χ1) is 6.84. The van der Waals surface area contributed by atoms with Gasteiger partial charge >= 0.3 is 0 Å². The van der Waals surface area contributed by atoms with Crippen molar-refractivity contribution in [1.29, 1.82) is 0 Å². The van der Waals surface area contributed by atoms with Crippen molar-refractivity contribution in [1.82, 2.24) is 0 Å². The first-order valence-electron chi connectivity index (χ1n) is 5.29. The minimum Gasteiger partial charge on any atom is -0.328 e. The highest BCUT2D eigenvalue weighted by Gasteiger charge is 2.11. The van der Waals surface area contributed by atoms with Crippen LogP contribution in [-0.2, 0) is 6.42 Å². The number of hydrogen-bond acceptors (Lipinski definition) is 2. The quantitative estimate of drug-likeness (QED) is 0.741. The maximum Gasteiger partial charge on any atom is 0.00449 e. The Kier molecular flexibility index (Phi) is 3.38. The molecule has 2 N–H and O–H groups in total. The molecular weight excluding hydrogens is 190 g/mol. The molecule has 76 valence electrons. The minimum atomic E-state index is 0.452. The molecule has 14 heavy (non-hydrogen) atoms. The zero-order valence-electron chi connectivity index (χ0n) is 8.41. The summed E-state index contributed by atoms with van der Waals surface area (Å²) in [4.78, 5) is 0. The van der Waals surface area contributed by atoms with Crippen LogP contribution in [0.15, 0.2) is 28.5 Å². The van der Waals surface area contributed by atoms with E-state index in [9.17, 15) is 0 Å². The lowest BCUT2D eigenvalue weighted by Crippen LogP contribution is -2.23. The molecular formula is C12H17NS. The first-order valence-corrected chi connectivity index (χ1v) is 6.23. The van der Waals surface area contributed by atoms with Crippen molar-refractivity contribution < 1.29 is 0 Å². The summed E-state index contributed by atoms with van der Waals surface area (Å²) in [5, 5.41) is 4.37. The van der Waals surface area contributed by atoms with Gasteiger partial charge in [0.2, 0.25) is 0 Å². The molecule has 0 unspecified atom stereocenters. The molecule has 1 aromatic rings.